The summed E-state index contributed by atoms with van der Waals surface area (Å²) < 4.78 is 7.19. The van der Waals surface area contributed by atoms with Crippen LogP contribution in [0.3, 0.4) is 0 Å². The first-order chi connectivity index (χ1) is 11.5. The number of para-hydroxylation sites is 1. The highest BCUT2D eigenvalue weighted by atomic mass is 16.5. The van der Waals surface area contributed by atoms with Crippen LogP contribution in [0.4, 0.5) is 0 Å². The number of nitrogens with one attached hydrogen (secondary N) is 1. The van der Waals surface area contributed by atoms with Gasteiger partial charge in [0, 0.05) is 12.7 Å². The lowest BCUT2D eigenvalue weighted by atomic mass is 10.1. The molecule has 0 saturated carbocycles. The van der Waals surface area contributed by atoms with Crippen molar-refractivity contribution in [1.82, 2.24) is 14.1 Å². The van der Waals surface area contributed by atoms with E-state index < -0.39 is 17.2 Å². The van der Waals surface area contributed by atoms with Crippen molar-refractivity contribution in [3.05, 3.63) is 62.4 Å². The van der Waals surface area contributed by atoms with Crippen molar-refractivity contribution in [3.8, 4) is 5.69 Å². The Morgan fingerprint density at radius 1 is 1.21 bits per heavy atom. The first kappa shape index (κ1) is 15.8. The average molecular weight is 327 g/mol. The lowest BCUT2D eigenvalue weighted by Crippen LogP contribution is -2.37. The quantitative estimate of drug-likeness (QED) is 0.728. The van der Waals surface area contributed by atoms with Crippen LogP contribution in [-0.4, -0.2) is 27.2 Å². The van der Waals surface area contributed by atoms with E-state index >= 15 is 0 Å². The molecule has 0 fully saturated rings. The molecule has 2 heterocycles. The van der Waals surface area contributed by atoms with Gasteiger partial charge in [-0.2, -0.15) is 0 Å². The largest absolute Gasteiger partial charge is 0.469 e. The Hall–Kier alpha value is -3.09. The molecule has 0 aliphatic carbocycles. The van der Waals surface area contributed by atoms with E-state index in [1.54, 1.807) is 19.1 Å². The fourth-order valence-electron chi connectivity index (χ4n) is 2.80. The minimum absolute atomic E-state index is 0.0371. The number of aromatic nitrogens is 3. The second-order valence-electron chi connectivity index (χ2n) is 5.52. The zero-order chi connectivity index (χ0) is 17.4. The summed E-state index contributed by atoms with van der Waals surface area (Å²) in [6, 6.07) is 9.02. The number of hydrogen-bond donors (Lipinski definition) is 1. The number of ether oxygens (including phenoxy) is 1. The Morgan fingerprint density at radius 3 is 2.50 bits per heavy atom. The minimum Gasteiger partial charge on any atom is -0.469 e. The molecule has 1 aromatic carbocycles. The maximum Gasteiger partial charge on any atom is 0.336 e. The molecule has 3 rings (SSSR count). The molecule has 24 heavy (non-hydrogen) atoms. The maximum absolute atomic E-state index is 12.6. The van der Waals surface area contributed by atoms with Crippen LogP contribution < -0.4 is 11.2 Å². The number of benzene rings is 1. The molecule has 0 saturated heterocycles. The zero-order valence-electron chi connectivity index (χ0n) is 13.6. The number of aryl methyl sites for hydroxylation is 1. The number of hydrogen-bond acceptors (Lipinski definition) is 4. The van der Waals surface area contributed by atoms with Crippen molar-refractivity contribution in [2.75, 3.05) is 7.11 Å². The molecular weight excluding hydrogens is 310 g/mol. The molecule has 0 atom stereocenters. The molecule has 0 unspecified atom stereocenters. The molecule has 1 N–H and O–H groups in total. The predicted octanol–water partition coefficient (Wildman–Crippen LogP) is 1.04. The van der Waals surface area contributed by atoms with Crippen molar-refractivity contribution in [1.29, 1.82) is 0 Å². The zero-order valence-corrected chi connectivity index (χ0v) is 13.6. The van der Waals surface area contributed by atoms with Crippen LogP contribution in [0.25, 0.3) is 16.7 Å². The van der Waals surface area contributed by atoms with Gasteiger partial charge in [0.15, 0.2) is 0 Å². The third-order valence-electron chi connectivity index (χ3n) is 4.08. The van der Waals surface area contributed by atoms with Crippen molar-refractivity contribution in [2.24, 2.45) is 7.05 Å². The molecule has 0 bridgehead atoms. The minimum atomic E-state index is -0.454. The van der Waals surface area contributed by atoms with E-state index in [0.717, 1.165) is 4.57 Å². The number of rotatable bonds is 3. The molecule has 0 radical (unpaired) electrons. The summed E-state index contributed by atoms with van der Waals surface area (Å²) in [5.41, 5.74) is 1.32. The van der Waals surface area contributed by atoms with Crippen LogP contribution in [-0.2, 0) is 23.0 Å². The number of aromatic amines is 1. The SMILES string of the molecule is COC(=O)Cc1c(C)[nH]c2c1c(=O)n(C)c(=O)n2-c1ccccc1. The maximum atomic E-state index is 12.6. The van der Waals surface area contributed by atoms with Crippen molar-refractivity contribution in [3.63, 3.8) is 0 Å². The summed E-state index contributed by atoms with van der Waals surface area (Å²) >= 11 is 0. The van der Waals surface area contributed by atoms with Gasteiger partial charge >= 0.3 is 11.7 Å². The number of esters is 1. The Labute approximate surface area is 137 Å². The summed E-state index contributed by atoms with van der Waals surface area (Å²) in [4.78, 5) is 40.0. The Balaban J connectivity index is 2.43. The van der Waals surface area contributed by atoms with Gasteiger partial charge in [-0.25, -0.2) is 9.36 Å². The number of carbonyl (C=O) groups excluding carboxylic acids is 1. The van der Waals surface area contributed by atoms with Crippen LogP contribution in [0.2, 0.25) is 0 Å². The topological polar surface area (TPSA) is 86.1 Å². The highest BCUT2D eigenvalue weighted by molar-refractivity contribution is 5.87. The highest BCUT2D eigenvalue weighted by Gasteiger charge is 2.21. The normalized spacial score (nSPS) is 11.0. The smallest absolute Gasteiger partial charge is 0.336 e. The van der Waals surface area contributed by atoms with Crippen LogP contribution in [0, 0.1) is 6.92 Å². The van der Waals surface area contributed by atoms with E-state index in [2.05, 4.69) is 4.98 Å². The van der Waals surface area contributed by atoms with Crippen LogP contribution >= 0.6 is 0 Å². The third-order valence-corrected chi connectivity index (χ3v) is 4.08. The second kappa shape index (κ2) is 5.84. The predicted molar refractivity (Wildman–Crippen MR) is 89.6 cm³/mol. The van der Waals surface area contributed by atoms with Crippen molar-refractivity contribution < 1.29 is 9.53 Å². The van der Waals surface area contributed by atoms with Gasteiger partial charge in [0.1, 0.15) is 5.65 Å². The van der Waals surface area contributed by atoms with Gasteiger partial charge in [-0.1, -0.05) is 18.2 Å². The molecular formula is C17H17N3O4. The van der Waals surface area contributed by atoms with E-state index in [9.17, 15) is 14.4 Å². The van der Waals surface area contributed by atoms with Gasteiger partial charge in [-0.3, -0.25) is 14.2 Å². The Morgan fingerprint density at radius 2 is 1.88 bits per heavy atom. The first-order valence-electron chi connectivity index (χ1n) is 7.41. The van der Waals surface area contributed by atoms with Gasteiger partial charge in [0.25, 0.3) is 5.56 Å². The summed E-state index contributed by atoms with van der Waals surface area (Å²) in [5, 5.41) is 0.323. The second-order valence-corrected chi connectivity index (χ2v) is 5.52. The van der Waals surface area contributed by atoms with Crippen LogP contribution in [0.5, 0.6) is 0 Å². The van der Waals surface area contributed by atoms with E-state index in [4.69, 9.17) is 4.74 Å². The summed E-state index contributed by atoms with van der Waals surface area (Å²) in [7, 11) is 2.72. The molecule has 2 aromatic heterocycles. The fourth-order valence-corrected chi connectivity index (χ4v) is 2.80. The molecule has 0 aliphatic rings. The first-order valence-corrected chi connectivity index (χ1v) is 7.41. The summed E-state index contributed by atoms with van der Waals surface area (Å²) in [6.45, 7) is 1.76. The number of H-pyrrole nitrogens is 1. The Bertz CT molecular complexity index is 1040. The number of methoxy groups -OCH3 is 1. The van der Waals surface area contributed by atoms with E-state index in [-0.39, 0.29) is 6.42 Å². The number of nitrogens with zero attached hydrogens (tertiary/aromatic N) is 2. The van der Waals surface area contributed by atoms with Crippen LogP contribution in [0.1, 0.15) is 11.3 Å². The molecule has 0 aliphatic heterocycles. The van der Waals surface area contributed by atoms with Gasteiger partial charge < -0.3 is 9.72 Å². The van der Waals surface area contributed by atoms with Gasteiger partial charge in [-0.15, -0.1) is 0 Å². The molecule has 0 spiro atoms. The van der Waals surface area contributed by atoms with Gasteiger partial charge in [0.05, 0.1) is 24.6 Å². The van der Waals surface area contributed by atoms with E-state index in [1.807, 2.05) is 18.2 Å². The van der Waals surface area contributed by atoms with Gasteiger partial charge in [-0.05, 0) is 24.6 Å². The lowest BCUT2D eigenvalue weighted by molar-refractivity contribution is -0.139. The van der Waals surface area contributed by atoms with Crippen LogP contribution in [0.15, 0.2) is 39.9 Å². The average Bonchev–Trinajstić information content (AvgIpc) is 2.90. The Kier molecular flexibility index (Phi) is 3.84. The van der Waals surface area contributed by atoms with Gasteiger partial charge in [0.2, 0.25) is 0 Å². The molecule has 7 heteroatoms. The van der Waals surface area contributed by atoms with Crippen molar-refractivity contribution >= 4 is 17.0 Å². The monoisotopic (exact) mass is 327 g/mol. The molecule has 3 aromatic rings. The molecule has 124 valence electrons. The summed E-state index contributed by atoms with van der Waals surface area (Å²) in [5.74, 6) is -0.446. The highest BCUT2D eigenvalue weighted by Crippen LogP contribution is 2.21. The van der Waals surface area contributed by atoms with E-state index in [1.165, 1.54) is 18.7 Å². The number of carbonyl (C=O) groups is 1. The number of fused-ring (bicyclic) bond motifs is 1. The van der Waals surface area contributed by atoms with Crippen molar-refractivity contribution in [2.45, 2.75) is 13.3 Å². The lowest BCUT2D eigenvalue weighted by Gasteiger charge is -2.09. The summed E-state index contributed by atoms with van der Waals surface area (Å²) in [6.07, 6.45) is -0.0371. The molecule has 7 nitrogen and oxygen atoms in total. The third kappa shape index (κ3) is 2.34. The fraction of sp³-hybridized carbons (Fsp3) is 0.235. The standard InChI is InChI=1S/C17H17N3O4/c1-10-12(9-13(21)24-3)14-15(18-10)20(11-7-5-4-6-8-11)17(23)19(2)16(14)22/h4-8,18H,9H2,1-3H3. The molecule has 0 amide bonds. The van der Waals surface area contributed by atoms with E-state index in [0.29, 0.717) is 28.0 Å².